The molecule has 0 aliphatic heterocycles. The van der Waals surface area contributed by atoms with Gasteiger partial charge in [-0.2, -0.15) is 0 Å². The van der Waals surface area contributed by atoms with Gasteiger partial charge in [-0.05, 0) is 11.1 Å². The summed E-state index contributed by atoms with van der Waals surface area (Å²) in [7, 11) is 0. The Kier molecular flexibility index (Phi) is 3.84. The highest BCUT2D eigenvalue weighted by Gasteiger charge is 2.28. The normalized spacial score (nSPS) is 11.6. The maximum absolute atomic E-state index is 8.57. The van der Waals surface area contributed by atoms with Crippen LogP contribution in [0.3, 0.4) is 0 Å². The van der Waals surface area contributed by atoms with Gasteiger partial charge in [-0.25, -0.2) is 0 Å². The van der Waals surface area contributed by atoms with Crippen LogP contribution in [0.2, 0.25) is 0 Å². The van der Waals surface area contributed by atoms with Crippen molar-refractivity contribution in [3.05, 3.63) is 71.8 Å². The van der Waals surface area contributed by atoms with E-state index in [0.29, 0.717) is 0 Å². The minimum absolute atomic E-state index is 0.0439. The van der Waals surface area contributed by atoms with Gasteiger partial charge in [0.25, 0.3) is 0 Å². The van der Waals surface area contributed by atoms with Crippen LogP contribution in [0.15, 0.2) is 60.7 Å². The van der Waals surface area contributed by atoms with Gasteiger partial charge in [-0.3, -0.25) is 0 Å². The average Bonchev–Trinajstić information content (AvgIpc) is 2.40. The first-order valence-electron chi connectivity index (χ1n) is 6.69. The molecule has 0 fully saturated rings. The molecule has 2 rings (SSSR count). The minimum Gasteiger partial charge on any atom is -0.308 e. The molecule has 0 radical (unpaired) electrons. The van der Waals surface area contributed by atoms with Gasteiger partial charge in [0.05, 0.1) is 0 Å². The third-order valence-electron chi connectivity index (χ3n) is 3.36. The number of hydrogen-bond acceptors (Lipinski definition) is 1. The van der Waals surface area contributed by atoms with Gasteiger partial charge in [-0.15, -0.1) is 0 Å². The van der Waals surface area contributed by atoms with Crippen LogP contribution in [0, 0.1) is 10.8 Å². The van der Waals surface area contributed by atoms with Crippen molar-refractivity contribution in [2.45, 2.75) is 26.7 Å². The first kappa shape index (κ1) is 13.5. The Hall–Kier alpha value is -1.89. The van der Waals surface area contributed by atoms with Gasteiger partial charge in [0, 0.05) is 17.0 Å². The summed E-state index contributed by atoms with van der Waals surface area (Å²) in [6, 6.07) is 20.6. The molecule has 0 bridgehead atoms. The highest BCUT2D eigenvalue weighted by Crippen LogP contribution is 2.32. The lowest BCUT2D eigenvalue weighted by molar-refractivity contribution is 0.569. The summed E-state index contributed by atoms with van der Waals surface area (Å²) in [5, 5.41) is 8.57. The molecule has 1 N–H and O–H groups in total. The fourth-order valence-electron chi connectivity index (χ4n) is 2.25. The monoisotopic (exact) mass is 251 g/mol. The van der Waals surface area contributed by atoms with Crippen LogP contribution in [-0.4, -0.2) is 5.71 Å². The van der Waals surface area contributed by atoms with Crippen molar-refractivity contribution in [1.82, 2.24) is 0 Å². The van der Waals surface area contributed by atoms with Crippen molar-refractivity contribution in [2.75, 3.05) is 0 Å². The first-order valence-corrected chi connectivity index (χ1v) is 6.69. The minimum atomic E-state index is -0.129. The molecule has 0 atom stereocenters. The quantitative estimate of drug-likeness (QED) is 0.751. The van der Waals surface area contributed by atoms with Crippen LogP contribution in [0.25, 0.3) is 0 Å². The average molecular weight is 251 g/mol. The number of benzene rings is 2. The Labute approximate surface area is 115 Å². The summed E-state index contributed by atoms with van der Waals surface area (Å²) in [6.45, 7) is 6.32. The van der Waals surface area contributed by atoms with Crippen LogP contribution in [0.1, 0.15) is 37.8 Å². The fraction of sp³-hybridized carbons (Fsp3) is 0.278. The second kappa shape index (κ2) is 5.40. The van der Waals surface area contributed by atoms with Crippen molar-refractivity contribution in [3.63, 3.8) is 0 Å². The number of nitrogens with one attached hydrogen (secondary N) is 1. The van der Waals surface area contributed by atoms with E-state index in [1.54, 1.807) is 0 Å². The molecule has 19 heavy (non-hydrogen) atoms. The van der Waals surface area contributed by atoms with Crippen LogP contribution in [0.5, 0.6) is 0 Å². The fourth-order valence-corrected chi connectivity index (χ4v) is 2.25. The largest absolute Gasteiger partial charge is 0.308 e. The molecule has 0 unspecified atom stereocenters. The summed E-state index contributed by atoms with van der Waals surface area (Å²) in [5.41, 5.74) is 3.00. The second-order valence-corrected chi connectivity index (χ2v) is 5.92. The lowest BCUT2D eigenvalue weighted by Crippen LogP contribution is -2.27. The predicted octanol–water partition coefficient (Wildman–Crippen LogP) is 4.88. The summed E-state index contributed by atoms with van der Waals surface area (Å²) in [6.07, 6.45) is 0. The molecule has 1 heteroatoms. The third kappa shape index (κ3) is 3.11. The molecule has 0 aliphatic rings. The van der Waals surface area contributed by atoms with E-state index in [-0.39, 0.29) is 11.3 Å². The van der Waals surface area contributed by atoms with E-state index in [0.717, 1.165) is 5.71 Å². The molecule has 0 spiro atoms. The molecule has 0 aromatic heterocycles. The molecular formula is C18H21N. The zero-order chi connectivity index (χ0) is 13.9. The molecule has 0 saturated heterocycles. The molecule has 0 amide bonds. The summed E-state index contributed by atoms with van der Waals surface area (Å²) in [5.74, 6) is 0.0439. The lowest BCUT2D eigenvalue weighted by Gasteiger charge is -2.28. The van der Waals surface area contributed by atoms with Gasteiger partial charge in [0.1, 0.15) is 0 Å². The highest BCUT2D eigenvalue weighted by atomic mass is 14.5. The van der Waals surface area contributed by atoms with E-state index >= 15 is 0 Å². The van der Waals surface area contributed by atoms with Crippen molar-refractivity contribution in [2.24, 2.45) is 5.41 Å². The smallest absolute Gasteiger partial charge is 0.0472 e. The number of rotatable bonds is 3. The summed E-state index contributed by atoms with van der Waals surface area (Å²) in [4.78, 5) is 0. The molecule has 2 aromatic carbocycles. The second-order valence-electron chi connectivity index (χ2n) is 5.92. The predicted molar refractivity (Wildman–Crippen MR) is 81.9 cm³/mol. The van der Waals surface area contributed by atoms with E-state index < -0.39 is 0 Å². The molecule has 0 aliphatic carbocycles. The van der Waals surface area contributed by atoms with Crippen LogP contribution < -0.4 is 0 Å². The van der Waals surface area contributed by atoms with E-state index in [4.69, 9.17) is 5.41 Å². The summed E-state index contributed by atoms with van der Waals surface area (Å²) >= 11 is 0. The van der Waals surface area contributed by atoms with Crippen molar-refractivity contribution in [3.8, 4) is 0 Å². The summed E-state index contributed by atoms with van der Waals surface area (Å²) < 4.78 is 0. The molecule has 0 heterocycles. The maximum atomic E-state index is 8.57. The standard InChI is InChI=1S/C18H21N/c1-18(2,3)17(19)16(14-10-6-4-7-11-14)15-12-8-5-9-13-15/h4-13,16,19H,1-3H3. The van der Waals surface area contributed by atoms with E-state index in [9.17, 15) is 0 Å². The maximum Gasteiger partial charge on any atom is 0.0472 e. The molecule has 0 saturated carbocycles. The Morgan fingerprint density at radius 1 is 0.789 bits per heavy atom. The van der Waals surface area contributed by atoms with E-state index in [2.05, 4.69) is 45.0 Å². The van der Waals surface area contributed by atoms with Crippen LogP contribution in [0.4, 0.5) is 0 Å². The lowest BCUT2D eigenvalue weighted by atomic mass is 9.76. The Morgan fingerprint density at radius 3 is 1.47 bits per heavy atom. The molecule has 1 nitrogen and oxygen atoms in total. The van der Waals surface area contributed by atoms with Gasteiger partial charge in [0.15, 0.2) is 0 Å². The van der Waals surface area contributed by atoms with E-state index in [1.165, 1.54) is 11.1 Å². The van der Waals surface area contributed by atoms with Gasteiger partial charge in [-0.1, -0.05) is 81.4 Å². The first-order chi connectivity index (χ1) is 9.00. The molecule has 2 aromatic rings. The van der Waals surface area contributed by atoms with Gasteiger partial charge >= 0.3 is 0 Å². The molecule has 98 valence electrons. The van der Waals surface area contributed by atoms with E-state index in [1.807, 2.05) is 36.4 Å². The SMILES string of the molecule is CC(C)(C)C(=N)C(c1ccccc1)c1ccccc1. The van der Waals surface area contributed by atoms with Gasteiger partial charge < -0.3 is 5.41 Å². The van der Waals surface area contributed by atoms with Crippen molar-refractivity contribution in [1.29, 1.82) is 5.41 Å². The number of hydrogen-bond donors (Lipinski definition) is 1. The van der Waals surface area contributed by atoms with Crippen LogP contribution >= 0.6 is 0 Å². The van der Waals surface area contributed by atoms with Crippen molar-refractivity contribution < 1.29 is 0 Å². The van der Waals surface area contributed by atoms with Crippen LogP contribution in [-0.2, 0) is 0 Å². The zero-order valence-corrected chi connectivity index (χ0v) is 11.9. The topological polar surface area (TPSA) is 23.9 Å². The molecular weight excluding hydrogens is 230 g/mol. The van der Waals surface area contributed by atoms with Crippen molar-refractivity contribution >= 4 is 5.71 Å². The Balaban J connectivity index is 2.49. The Bertz CT molecular complexity index is 495. The van der Waals surface area contributed by atoms with Gasteiger partial charge in [0.2, 0.25) is 0 Å². The third-order valence-corrected chi connectivity index (χ3v) is 3.36. The zero-order valence-electron chi connectivity index (χ0n) is 11.9. The Morgan fingerprint density at radius 2 is 1.16 bits per heavy atom. The highest BCUT2D eigenvalue weighted by molar-refractivity contribution is 5.95.